The van der Waals surface area contributed by atoms with E-state index in [0.717, 1.165) is 33.8 Å². The smallest absolute Gasteiger partial charge is 0.360 e. The predicted octanol–water partition coefficient (Wildman–Crippen LogP) is 4.49. The maximum Gasteiger partial charge on any atom is 0.360 e. The summed E-state index contributed by atoms with van der Waals surface area (Å²) >= 11 is 0.910. The van der Waals surface area contributed by atoms with Crippen molar-refractivity contribution in [2.75, 3.05) is 16.7 Å². The summed E-state index contributed by atoms with van der Waals surface area (Å²) in [7, 11) is -2.96. The molecule has 38 heavy (non-hydrogen) atoms. The summed E-state index contributed by atoms with van der Waals surface area (Å²) in [6.45, 7) is 4.79. The summed E-state index contributed by atoms with van der Waals surface area (Å²) < 4.78 is 54.0. The van der Waals surface area contributed by atoms with Crippen LogP contribution < -0.4 is 14.4 Å². The first-order valence-corrected chi connectivity index (χ1v) is 13.5. The normalized spacial score (nSPS) is 11.4. The van der Waals surface area contributed by atoms with Gasteiger partial charge < -0.3 is 14.8 Å². The molecule has 0 radical (unpaired) electrons. The van der Waals surface area contributed by atoms with E-state index in [1.54, 1.807) is 51.1 Å². The van der Waals surface area contributed by atoms with E-state index >= 15 is 0 Å². The van der Waals surface area contributed by atoms with Crippen LogP contribution >= 0.6 is 11.3 Å². The summed E-state index contributed by atoms with van der Waals surface area (Å²) in [4.78, 5) is 28.2. The zero-order chi connectivity index (χ0) is 28.1. The number of halogens is 1. The Bertz CT molecular complexity index is 1470. The molecule has 13 heteroatoms. The molecule has 0 aliphatic heterocycles. The number of carbonyl (C=O) groups is 2. The van der Waals surface area contributed by atoms with E-state index in [0.29, 0.717) is 11.3 Å². The molecule has 0 saturated carbocycles. The molecule has 0 aliphatic rings. The van der Waals surface area contributed by atoms with Crippen LogP contribution in [0, 0.1) is 17.1 Å². The van der Waals surface area contributed by atoms with Crippen molar-refractivity contribution < 1.29 is 31.9 Å². The number of aromatic nitrogens is 1. The van der Waals surface area contributed by atoms with Crippen molar-refractivity contribution in [2.24, 2.45) is 0 Å². The lowest BCUT2D eigenvalue weighted by Crippen LogP contribution is -2.32. The Hall–Kier alpha value is -4.02. The molecule has 1 amide bonds. The summed E-state index contributed by atoms with van der Waals surface area (Å²) in [6, 6.07) is 11.2. The number of nitrogens with zero attached hydrogens (tertiary/aromatic N) is 3. The minimum atomic E-state index is -4.46. The first kappa shape index (κ1) is 28.5. The molecule has 2 aromatic carbocycles. The number of thiazole rings is 1. The number of carbonyl (C=O) groups excluding carboxylic acids is 2. The van der Waals surface area contributed by atoms with Gasteiger partial charge in [0.25, 0.3) is 10.0 Å². The number of nitrogens with one attached hydrogen (secondary N) is 1. The number of amides is 1. The highest BCUT2D eigenvalue weighted by atomic mass is 32.2. The monoisotopic (exact) mass is 560 g/mol. The van der Waals surface area contributed by atoms with Crippen molar-refractivity contribution in [1.29, 1.82) is 5.26 Å². The second-order valence-corrected chi connectivity index (χ2v) is 11.6. The summed E-state index contributed by atoms with van der Waals surface area (Å²) in [5, 5.41) is 10.8. The largest absolute Gasteiger partial charge is 0.497 e. The average Bonchev–Trinajstić information content (AvgIpc) is 3.33. The SMILES string of the molecule is COc1ccc(CN(c2scnc2C(=O)OC(C)(C)C)S(=O)(=O)c2ccc(NC(=O)CC#N)c(F)c2)cc1. The van der Waals surface area contributed by atoms with Gasteiger partial charge >= 0.3 is 5.97 Å². The van der Waals surface area contributed by atoms with Gasteiger partial charge in [0, 0.05) is 0 Å². The highest BCUT2D eigenvalue weighted by Crippen LogP contribution is 2.34. The predicted molar refractivity (Wildman–Crippen MR) is 139 cm³/mol. The minimum Gasteiger partial charge on any atom is -0.497 e. The van der Waals surface area contributed by atoms with Gasteiger partial charge in [-0.05, 0) is 56.7 Å². The molecule has 1 heterocycles. The molecule has 0 unspecified atom stereocenters. The van der Waals surface area contributed by atoms with E-state index in [4.69, 9.17) is 14.7 Å². The van der Waals surface area contributed by atoms with Gasteiger partial charge in [0.2, 0.25) is 5.91 Å². The fraction of sp³-hybridized carbons (Fsp3) is 0.280. The van der Waals surface area contributed by atoms with Crippen LogP contribution in [0.5, 0.6) is 5.75 Å². The maximum absolute atomic E-state index is 14.8. The molecule has 0 spiro atoms. The van der Waals surface area contributed by atoms with Crippen LogP contribution in [-0.2, 0) is 26.1 Å². The summed E-state index contributed by atoms with van der Waals surface area (Å²) in [5.74, 6) is -2.01. The lowest BCUT2D eigenvalue weighted by molar-refractivity contribution is -0.115. The van der Waals surface area contributed by atoms with Gasteiger partial charge in [-0.15, -0.1) is 11.3 Å². The van der Waals surface area contributed by atoms with E-state index in [1.165, 1.54) is 12.6 Å². The van der Waals surface area contributed by atoms with Crippen LogP contribution in [0.15, 0.2) is 52.9 Å². The van der Waals surface area contributed by atoms with Crippen LogP contribution in [0.2, 0.25) is 0 Å². The number of hydrogen-bond acceptors (Lipinski definition) is 9. The number of rotatable bonds is 9. The number of nitriles is 1. The van der Waals surface area contributed by atoms with Crippen molar-refractivity contribution in [3.05, 3.63) is 65.0 Å². The number of hydrogen-bond donors (Lipinski definition) is 1. The van der Waals surface area contributed by atoms with Gasteiger partial charge in [0.15, 0.2) is 5.69 Å². The summed E-state index contributed by atoms with van der Waals surface area (Å²) in [5.41, 5.74) is 0.534. The van der Waals surface area contributed by atoms with Crippen molar-refractivity contribution in [2.45, 2.75) is 44.2 Å². The Morgan fingerprint density at radius 2 is 1.87 bits per heavy atom. The fourth-order valence-corrected chi connectivity index (χ4v) is 5.68. The molecule has 0 saturated heterocycles. The van der Waals surface area contributed by atoms with Gasteiger partial charge in [-0.1, -0.05) is 12.1 Å². The second kappa shape index (κ2) is 11.6. The van der Waals surface area contributed by atoms with Crippen LogP contribution in [0.25, 0.3) is 0 Å². The Morgan fingerprint density at radius 1 is 1.18 bits per heavy atom. The Balaban J connectivity index is 2.07. The van der Waals surface area contributed by atoms with Gasteiger partial charge in [-0.3, -0.25) is 9.10 Å². The lowest BCUT2D eigenvalue weighted by atomic mass is 10.2. The van der Waals surface area contributed by atoms with Crippen molar-refractivity contribution in [3.63, 3.8) is 0 Å². The van der Waals surface area contributed by atoms with E-state index < -0.39 is 44.6 Å². The van der Waals surface area contributed by atoms with Crippen LogP contribution in [0.1, 0.15) is 43.2 Å². The van der Waals surface area contributed by atoms with E-state index in [1.807, 2.05) is 0 Å². The molecule has 0 atom stereocenters. The van der Waals surface area contributed by atoms with Crippen LogP contribution in [-0.4, -0.2) is 38.0 Å². The van der Waals surface area contributed by atoms with Crippen molar-refractivity contribution in [3.8, 4) is 11.8 Å². The highest BCUT2D eigenvalue weighted by molar-refractivity contribution is 7.93. The highest BCUT2D eigenvalue weighted by Gasteiger charge is 2.33. The molecular weight excluding hydrogens is 535 g/mol. The lowest BCUT2D eigenvalue weighted by Gasteiger charge is -2.25. The molecule has 3 rings (SSSR count). The molecule has 0 fully saturated rings. The quantitative estimate of drug-likeness (QED) is 0.378. The van der Waals surface area contributed by atoms with E-state index in [-0.39, 0.29) is 22.9 Å². The molecule has 1 N–H and O–H groups in total. The first-order chi connectivity index (χ1) is 17.9. The van der Waals surface area contributed by atoms with Crippen molar-refractivity contribution >= 4 is 43.9 Å². The average molecular weight is 561 g/mol. The van der Waals surface area contributed by atoms with E-state index in [2.05, 4.69) is 10.3 Å². The Morgan fingerprint density at radius 3 is 2.45 bits per heavy atom. The number of anilines is 2. The molecule has 0 aliphatic carbocycles. The molecule has 200 valence electrons. The minimum absolute atomic E-state index is 0.0122. The first-order valence-electron chi connectivity index (χ1n) is 11.1. The third-order valence-electron chi connectivity index (χ3n) is 4.89. The van der Waals surface area contributed by atoms with E-state index in [9.17, 15) is 22.4 Å². The third kappa shape index (κ3) is 6.84. The number of esters is 1. The Kier molecular flexibility index (Phi) is 8.70. The molecule has 10 nitrogen and oxygen atoms in total. The molecule has 3 aromatic rings. The molecule has 1 aromatic heterocycles. The van der Waals surface area contributed by atoms with Gasteiger partial charge in [0.05, 0.1) is 35.8 Å². The number of methoxy groups -OCH3 is 1. The number of benzene rings is 2. The summed E-state index contributed by atoms with van der Waals surface area (Å²) in [6.07, 6.45) is -0.492. The van der Waals surface area contributed by atoms with Gasteiger partial charge in [0.1, 0.15) is 28.6 Å². The fourth-order valence-electron chi connectivity index (χ4n) is 3.20. The zero-order valence-corrected chi connectivity index (χ0v) is 22.7. The standard InChI is InChI=1S/C25H25FN4O6S2/c1-25(2,3)36-24(32)22-23(37-15-28-22)30(14-16-5-7-17(35-4)8-6-16)38(33,34)18-9-10-20(19(26)13-18)29-21(31)11-12-27/h5-10,13,15H,11,14H2,1-4H3,(H,29,31). The van der Waals surface area contributed by atoms with Crippen molar-refractivity contribution in [1.82, 2.24) is 4.98 Å². The van der Waals surface area contributed by atoms with Gasteiger partial charge in [-0.2, -0.15) is 5.26 Å². The number of ether oxygens (including phenoxy) is 2. The topological polar surface area (TPSA) is 139 Å². The second-order valence-electron chi connectivity index (χ2n) is 8.89. The molecule has 0 bridgehead atoms. The maximum atomic E-state index is 14.8. The van der Waals surface area contributed by atoms with Crippen LogP contribution in [0.4, 0.5) is 15.1 Å². The number of sulfonamides is 1. The zero-order valence-electron chi connectivity index (χ0n) is 21.0. The van der Waals surface area contributed by atoms with Crippen LogP contribution in [0.3, 0.4) is 0 Å². The third-order valence-corrected chi connectivity index (χ3v) is 7.60. The van der Waals surface area contributed by atoms with Gasteiger partial charge in [-0.25, -0.2) is 22.6 Å². The molecular formula is C25H25FN4O6S2. The Labute approximate surface area is 223 Å².